The van der Waals surface area contributed by atoms with Gasteiger partial charge in [0, 0.05) is 16.6 Å². The molecular weight excluding hydrogens is 274 g/mol. The van der Waals surface area contributed by atoms with Crippen molar-refractivity contribution in [2.24, 2.45) is 11.7 Å². The highest BCUT2D eigenvalue weighted by atomic mass is 16.1. The summed E-state index contributed by atoms with van der Waals surface area (Å²) >= 11 is 0. The Hall–Kier alpha value is -1.81. The summed E-state index contributed by atoms with van der Waals surface area (Å²) in [6.07, 6.45) is 7.08. The number of primary amides is 1. The highest BCUT2D eigenvalue weighted by molar-refractivity contribution is 5.87. The molecule has 0 saturated heterocycles. The summed E-state index contributed by atoms with van der Waals surface area (Å²) in [6.45, 7) is 0. The zero-order valence-corrected chi connectivity index (χ0v) is 12.8. The van der Waals surface area contributed by atoms with Gasteiger partial charge in [0.05, 0.1) is 12.1 Å². The van der Waals surface area contributed by atoms with Crippen LogP contribution in [0.15, 0.2) is 24.3 Å². The average molecular weight is 297 g/mol. The Morgan fingerprint density at radius 2 is 1.91 bits per heavy atom. The number of amides is 1. The molecule has 2 aliphatic rings. The van der Waals surface area contributed by atoms with Gasteiger partial charge in [-0.15, -0.1) is 0 Å². The first-order chi connectivity index (χ1) is 10.7. The monoisotopic (exact) mass is 297 g/mol. The maximum absolute atomic E-state index is 11.8. The third-order valence-corrected chi connectivity index (χ3v) is 5.41. The van der Waals surface area contributed by atoms with Gasteiger partial charge in [-0.3, -0.25) is 10.1 Å². The molecule has 2 aromatic rings. The summed E-state index contributed by atoms with van der Waals surface area (Å²) < 4.78 is 0. The van der Waals surface area contributed by atoms with E-state index in [0.717, 1.165) is 0 Å². The van der Waals surface area contributed by atoms with Gasteiger partial charge in [0.15, 0.2) is 0 Å². The SMILES string of the molecule is NC(=O)[C@H]1Cc2c([nH]c3ccccc23)[C@@H](C2CCCCC2)N1. The number of carbonyl (C=O) groups is 1. The van der Waals surface area contributed by atoms with Crippen molar-refractivity contribution < 1.29 is 4.79 Å². The number of nitrogens with one attached hydrogen (secondary N) is 2. The molecule has 0 radical (unpaired) electrons. The summed E-state index contributed by atoms with van der Waals surface area (Å²) in [6, 6.07) is 8.36. The molecule has 4 N–H and O–H groups in total. The van der Waals surface area contributed by atoms with Crippen molar-refractivity contribution in [1.29, 1.82) is 0 Å². The number of nitrogens with two attached hydrogens (primary N) is 1. The highest BCUT2D eigenvalue weighted by Gasteiger charge is 2.36. The van der Waals surface area contributed by atoms with Crippen molar-refractivity contribution in [3.63, 3.8) is 0 Å². The second kappa shape index (κ2) is 5.43. The van der Waals surface area contributed by atoms with E-state index >= 15 is 0 Å². The fourth-order valence-electron chi connectivity index (χ4n) is 4.29. The fourth-order valence-corrected chi connectivity index (χ4v) is 4.29. The van der Waals surface area contributed by atoms with Gasteiger partial charge in [-0.1, -0.05) is 37.5 Å². The number of aromatic amines is 1. The van der Waals surface area contributed by atoms with Crippen LogP contribution in [0.2, 0.25) is 0 Å². The number of aromatic nitrogens is 1. The smallest absolute Gasteiger partial charge is 0.234 e. The number of H-pyrrole nitrogens is 1. The molecule has 0 unspecified atom stereocenters. The maximum Gasteiger partial charge on any atom is 0.234 e. The van der Waals surface area contributed by atoms with E-state index in [1.165, 1.54) is 54.3 Å². The molecule has 0 bridgehead atoms. The molecule has 22 heavy (non-hydrogen) atoms. The first-order valence-electron chi connectivity index (χ1n) is 8.39. The second-order valence-electron chi connectivity index (χ2n) is 6.76. The van der Waals surface area contributed by atoms with E-state index in [-0.39, 0.29) is 18.0 Å². The largest absolute Gasteiger partial charge is 0.368 e. The fraction of sp³-hybridized carbons (Fsp3) is 0.500. The van der Waals surface area contributed by atoms with E-state index in [0.29, 0.717) is 12.3 Å². The van der Waals surface area contributed by atoms with Gasteiger partial charge >= 0.3 is 0 Å². The molecule has 0 spiro atoms. The summed E-state index contributed by atoms with van der Waals surface area (Å²) in [5.74, 6) is 0.361. The lowest BCUT2D eigenvalue weighted by molar-refractivity contribution is -0.120. The van der Waals surface area contributed by atoms with Crippen LogP contribution in [0.3, 0.4) is 0 Å². The topological polar surface area (TPSA) is 70.9 Å². The lowest BCUT2D eigenvalue weighted by atomic mass is 9.79. The van der Waals surface area contributed by atoms with Gasteiger partial charge in [-0.2, -0.15) is 0 Å². The van der Waals surface area contributed by atoms with E-state index in [4.69, 9.17) is 5.73 Å². The van der Waals surface area contributed by atoms with Crippen LogP contribution in [0, 0.1) is 5.92 Å². The van der Waals surface area contributed by atoms with Crippen molar-refractivity contribution in [1.82, 2.24) is 10.3 Å². The van der Waals surface area contributed by atoms with E-state index in [1.54, 1.807) is 0 Å². The van der Waals surface area contributed by atoms with E-state index < -0.39 is 0 Å². The first kappa shape index (κ1) is 13.8. The standard InChI is InChI=1S/C18H23N3O/c19-18(22)15-10-13-12-8-4-5-9-14(12)20-17(13)16(21-15)11-6-2-1-3-7-11/h4-5,8-9,11,15-16,20-21H,1-3,6-7,10H2,(H2,19,22)/t15-,16-/m1/s1. The maximum atomic E-state index is 11.8. The summed E-state index contributed by atoms with van der Waals surface area (Å²) in [4.78, 5) is 15.4. The molecule has 1 aliphatic carbocycles. The van der Waals surface area contributed by atoms with Gasteiger partial charge in [0.1, 0.15) is 0 Å². The van der Waals surface area contributed by atoms with Crippen LogP contribution < -0.4 is 11.1 Å². The Morgan fingerprint density at radius 3 is 2.68 bits per heavy atom. The van der Waals surface area contributed by atoms with Gasteiger partial charge in [-0.25, -0.2) is 0 Å². The second-order valence-corrected chi connectivity index (χ2v) is 6.76. The molecule has 1 aromatic carbocycles. The molecule has 1 saturated carbocycles. The van der Waals surface area contributed by atoms with Crippen LogP contribution in [0.25, 0.3) is 10.9 Å². The van der Waals surface area contributed by atoms with E-state index in [9.17, 15) is 4.79 Å². The number of hydrogen-bond donors (Lipinski definition) is 3. The molecule has 4 heteroatoms. The lowest BCUT2D eigenvalue weighted by Crippen LogP contribution is -2.49. The molecule has 2 heterocycles. The Morgan fingerprint density at radius 1 is 1.14 bits per heavy atom. The van der Waals surface area contributed by atoms with Crippen molar-refractivity contribution in [3.8, 4) is 0 Å². The van der Waals surface area contributed by atoms with Crippen LogP contribution in [-0.4, -0.2) is 16.9 Å². The molecule has 1 amide bonds. The third kappa shape index (κ3) is 2.22. The predicted octanol–water partition coefficient (Wildman–Crippen LogP) is 2.79. The van der Waals surface area contributed by atoms with Crippen LogP contribution in [0.5, 0.6) is 0 Å². The number of para-hydroxylation sites is 1. The molecule has 1 aliphatic heterocycles. The van der Waals surface area contributed by atoms with Crippen molar-refractivity contribution in [2.45, 2.75) is 50.6 Å². The van der Waals surface area contributed by atoms with Gasteiger partial charge in [0.2, 0.25) is 5.91 Å². The van der Waals surface area contributed by atoms with Gasteiger partial charge in [-0.05, 0) is 36.8 Å². The number of carbonyl (C=O) groups excluding carboxylic acids is 1. The minimum Gasteiger partial charge on any atom is -0.368 e. The lowest BCUT2D eigenvalue weighted by Gasteiger charge is -2.36. The quantitative estimate of drug-likeness (QED) is 0.797. The number of hydrogen-bond acceptors (Lipinski definition) is 2. The average Bonchev–Trinajstić information content (AvgIpc) is 2.93. The summed E-state index contributed by atoms with van der Waals surface area (Å²) in [5, 5.41) is 4.78. The summed E-state index contributed by atoms with van der Waals surface area (Å²) in [5.41, 5.74) is 9.35. The molecular formula is C18H23N3O. The van der Waals surface area contributed by atoms with E-state index in [1.807, 2.05) is 0 Å². The Bertz CT molecular complexity index is 699. The third-order valence-electron chi connectivity index (χ3n) is 5.41. The zero-order valence-electron chi connectivity index (χ0n) is 12.8. The number of fused-ring (bicyclic) bond motifs is 3. The minimum atomic E-state index is -0.251. The molecule has 1 aromatic heterocycles. The van der Waals surface area contributed by atoms with E-state index in [2.05, 4.69) is 34.6 Å². The Kier molecular flexibility index (Phi) is 3.41. The summed E-state index contributed by atoms with van der Waals surface area (Å²) in [7, 11) is 0. The van der Waals surface area contributed by atoms with Crippen molar-refractivity contribution in [3.05, 3.63) is 35.5 Å². The predicted molar refractivity (Wildman–Crippen MR) is 87.4 cm³/mol. The molecule has 4 rings (SSSR count). The zero-order chi connectivity index (χ0) is 15.1. The first-order valence-corrected chi connectivity index (χ1v) is 8.39. The van der Waals surface area contributed by atoms with Gasteiger partial charge in [0.25, 0.3) is 0 Å². The van der Waals surface area contributed by atoms with Crippen LogP contribution >= 0.6 is 0 Å². The molecule has 1 fully saturated rings. The van der Waals surface area contributed by atoms with Crippen LogP contribution in [0.4, 0.5) is 0 Å². The molecule has 4 nitrogen and oxygen atoms in total. The number of rotatable bonds is 2. The highest BCUT2D eigenvalue weighted by Crippen LogP contribution is 2.40. The van der Waals surface area contributed by atoms with Gasteiger partial charge < -0.3 is 10.7 Å². The van der Waals surface area contributed by atoms with Crippen LogP contribution in [-0.2, 0) is 11.2 Å². The van der Waals surface area contributed by atoms with Crippen LogP contribution in [0.1, 0.15) is 49.4 Å². The Balaban J connectivity index is 1.80. The molecule has 2 atom stereocenters. The van der Waals surface area contributed by atoms with Crippen molar-refractivity contribution in [2.75, 3.05) is 0 Å². The minimum absolute atomic E-state index is 0.231. The number of benzene rings is 1. The normalized spacial score (nSPS) is 26.0. The molecule has 116 valence electrons. The van der Waals surface area contributed by atoms with Crippen molar-refractivity contribution >= 4 is 16.8 Å². The Labute approximate surface area is 130 Å².